The molecule has 0 aromatic carbocycles. The van der Waals surface area contributed by atoms with Crippen molar-refractivity contribution < 1.29 is 9.90 Å². The maximum atomic E-state index is 11.3. The number of carbonyl (C=O) groups is 1. The van der Waals surface area contributed by atoms with Gasteiger partial charge >= 0.3 is 0 Å². The molecule has 2 nitrogen and oxygen atoms in total. The summed E-state index contributed by atoms with van der Waals surface area (Å²) in [6.07, 6.45) is 11.9. The molecule has 0 amide bonds. The molecule has 0 aromatic heterocycles. The Balaban J connectivity index is 2.30. The normalized spacial score (nSPS) is 19.6. The quantitative estimate of drug-likeness (QED) is 0.625. The Hall–Kier alpha value is -0.530. The summed E-state index contributed by atoms with van der Waals surface area (Å²) in [7, 11) is 0. The van der Waals surface area contributed by atoms with Gasteiger partial charge in [0.15, 0.2) is 0 Å². The van der Waals surface area contributed by atoms with Gasteiger partial charge in [0.25, 0.3) is 0 Å². The molecule has 0 spiro atoms. The number of hydrogen-bond donors (Lipinski definition) is 0. The average Bonchev–Trinajstić information content (AvgIpc) is 2.30. The Kier molecular flexibility index (Phi) is 5.86. The molecule has 2 heteroatoms. The molecule has 1 aliphatic carbocycles. The Morgan fingerprint density at radius 3 is 2.25 bits per heavy atom. The van der Waals surface area contributed by atoms with Crippen molar-refractivity contribution in [3.63, 3.8) is 0 Å². The van der Waals surface area contributed by atoms with E-state index in [-0.39, 0.29) is 0 Å². The SMILES string of the molecule is CCCCCCCC1(C(=O)[O-])CCCCC1. The highest BCUT2D eigenvalue weighted by Crippen LogP contribution is 2.40. The molecule has 1 fully saturated rings. The minimum atomic E-state index is -0.789. The molecule has 1 aliphatic rings. The van der Waals surface area contributed by atoms with Crippen molar-refractivity contribution in [2.45, 2.75) is 77.6 Å². The second-order valence-electron chi connectivity index (χ2n) is 5.29. The van der Waals surface area contributed by atoms with Crippen molar-refractivity contribution in [2.75, 3.05) is 0 Å². The Bertz CT molecular complexity index is 205. The van der Waals surface area contributed by atoms with E-state index in [1.165, 1.54) is 32.1 Å². The summed E-state index contributed by atoms with van der Waals surface area (Å²) >= 11 is 0. The Morgan fingerprint density at radius 2 is 1.69 bits per heavy atom. The number of carboxylic acid groups (broad SMARTS) is 1. The minimum Gasteiger partial charge on any atom is -0.550 e. The molecule has 0 atom stereocenters. The molecule has 0 heterocycles. The Morgan fingerprint density at radius 1 is 1.06 bits per heavy atom. The standard InChI is InChI=1S/C14H26O2/c1-2-3-4-5-7-10-14(13(15)16)11-8-6-9-12-14/h2-12H2,1H3,(H,15,16)/p-1. The largest absolute Gasteiger partial charge is 0.550 e. The summed E-state index contributed by atoms with van der Waals surface area (Å²) in [6, 6.07) is 0. The van der Waals surface area contributed by atoms with Gasteiger partial charge in [0, 0.05) is 11.4 Å². The van der Waals surface area contributed by atoms with Crippen molar-refractivity contribution in [1.82, 2.24) is 0 Å². The van der Waals surface area contributed by atoms with Crippen LogP contribution in [0, 0.1) is 5.41 Å². The predicted molar refractivity (Wildman–Crippen MR) is 63.9 cm³/mol. The first-order chi connectivity index (χ1) is 7.71. The third kappa shape index (κ3) is 3.80. The van der Waals surface area contributed by atoms with Crippen LogP contribution in [-0.2, 0) is 4.79 Å². The zero-order chi connectivity index (χ0) is 11.9. The lowest BCUT2D eigenvalue weighted by Gasteiger charge is -2.38. The molecule has 16 heavy (non-hydrogen) atoms. The van der Waals surface area contributed by atoms with Crippen LogP contribution in [-0.4, -0.2) is 5.97 Å². The van der Waals surface area contributed by atoms with Crippen LogP contribution in [0.25, 0.3) is 0 Å². The van der Waals surface area contributed by atoms with E-state index in [0.29, 0.717) is 0 Å². The van der Waals surface area contributed by atoms with Gasteiger partial charge in [-0.25, -0.2) is 0 Å². The van der Waals surface area contributed by atoms with Crippen LogP contribution < -0.4 is 5.11 Å². The third-order valence-corrected chi connectivity index (χ3v) is 4.00. The highest BCUT2D eigenvalue weighted by atomic mass is 16.4. The molecule has 0 bridgehead atoms. The fourth-order valence-corrected chi connectivity index (χ4v) is 2.85. The first kappa shape index (κ1) is 13.5. The molecule has 1 saturated carbocycles. The van der Waals surface area contributed by atoms with E-state index in [1.807, 2.05) is 0 Å². The zero-order valence-electron chi connectivity index (χ0n) is 10.6. The Labute approximate surface area is 99.4 Å². The second kappa shape index (κ2) is 6.93. The van der Waals surface area contributed by atoms with Crippen LogP contribution in [0.15, 0.2) is 0 Å². The van der Waals surface area contributed by atoms with E-state index in [1.54, 1.807) is 0 Å². The molecular formula is C14H25O2-. The van der Waals surface area contributed by atoms with Gasteiger partial charge in [0.2, 0.25) is 0 Å². The van der Waals surface area contributed by atoms with Gasteiger partial charge in [-0.05, 0) is 19.3 Å². The lowest BCUT2D eigenvalue weighted by atomic mass is 9.71. The van der Waals surface area contributed by atoms with Gasteiger partial charge in [-0.2, -0.15) is 0 Å². The summed E-state index contributed by atoms with van der Waals surface area (Å²) < 4.78 is 0. The van der Waals surface area contributed by atoms with Crippen LogP contribution in [0.5, 0.6) is 0 Å². The number of carboxylic acids is 1. The third-order valence-electron chi connectivity index (χ3n) is 4.00. The van der Waals surface area contributed by atoms with Crippen molar-refractivity contribution in [2.24, 2.45) is 5.41 Å². The van der Waals surface area contributed by atoms with E-state index < -0.39 is 11.4 Å². The van der Waals surface area contributed by atoms with Crippen LogP contribution >= 0.6 is 0 Å². The maximum Gasteiger partial charge on any atom is 0.0476 e. The van der Waals surface area contributed by atoms with Gasteiger partial charge in [0.05, 0.1) is 0 Å². The topological polar surface area (TPSA) is 40.1 Å². The number of carbonyl (C=O) groups excluding carboxylic acids is 1. The fourth-order valence-electron chi connectivity index (χ4n) is 2.85. The van der Waals surface area contributed by atoms with Crippen molar-refractivity contribution in [3.8, 4) is 0 Å². The lowest BCUT2D eigenvalue weighted by molar-refractivity contribution is -0.321. The number of aliphatic carboxylic acids is 1. The van der Waals surface area contributed by atoms with E-state index in [4.69, 9.17) is 0 Å². The highest BCUT2D eigenvalue weighted by molar-refractivity contribution is 5.72. The van der Waals surface area contributed by atoms with Crippen molar-refractivity contribution in [1.29, 1.82) is 0 Å². The van der Waals surface area contributed by atoms with Gasteiger partial charge in [0.1, 0.15) is 0 Å². The van der Waals surface area contributed by atoms with E-state index in [0.717, 1.165) is 38.5 Å². The summed E-state index contributed by atoms with van der Waals surface area (Å²) in [6.45, 7) is 2.20. The van der Waals surface area contributed by atoms with Gasteiger partial charge in [-0.15, -0.1) is 0 Å². The molecule has 1 rings (SSSR count). The summed E-state index contributed by atoms with van der Waals surface area (Å²) in [5, 5.41) is 11.3. The van der Waals surface area contributed by atoms with Crippen LogP contribution in [0.1, 0.15) is 77.6 Å². The lowest BCUT2D eigenvalue weighted by Crippen LogP contribution is -2.43. The number of hydrogen-bond acceptors (Lipinski definition) is 2. The summed E-state index contributed by atoms with van der Waals surface area (Å²) in [5.41, 5.74) is -0.468. The molecule has 0 N–H and O–H groups in total. The first-order valence-electron chi connectivity index (χ1n) is 6.93. The van der Waals surface area contributed by atoms with E-state index in [2.05, 4.69) is 6.92 Å². The summed E-state index contributed by atoms with van der Waals surface area (Å²) in [4.78, 5) is 11.3. The molecule has 94 valence electrons. The average molecular weight is 225 g/mol. The van der Waals surface area contributed by atoms with Crippen LogP contribution in [0.2, 0.25) is 0 Å². The molecular weight excluding hydrogens is 200 g/mol. The molecule has 0 radical (unpaired) electrons. The molecule has 0 aromatic rings. The van der Waals surface area contributed by atoms with Crippen LogP contribution in [0.3, 0.4) is 0 Å². The highest BCUT2D eigenvalue weighted by Gasteiger charge is 2.32. The van der Waals surface area contributed by atoms with Gasteiger partial charge in [-0.3, -0.25) is 0 Å². The van der Waals surface area contributed by atoms with Crippen molar-refractivity contribution >= 4 is 5.97 Å². The van der Waals surface area contributed by atoms with E-state index in [9.17, 15) is 9.90 Å². The minimum absolute atomic E-state index is 0.468. The molecule has 0 unspecified atom stereocenters. The zero-order valence-corrected chi connectivity index (χ0v) is 10.6. The van der Waals surface area contributed by atoms with Gasteiger partial charge < -0.3 is 9.90 Å². The van der Waals surface area contributed by atoms with Crippen LogP contribution in [0.4, 0.5) is 0 Å². The smallest absolute Gasteiger partial charge is 0.0476 e. The van der Waals surface area contributed by atoms with E-state index >= 15 is 0 Å². The fraction of sp³-hybridized carbons (Fsp3) is 0.929. The predicted octanol–water partition coefficient (Wildman–Crippen LogP) is 3.05. The maximum absolute atomic E-state index is 11.3. The molecule has 0 saturated heterocycles. The second-order valence-corrected chi connectivity index (χ2v) is 5.29. The summed E-state index contributed by atoms with van der Waals surface area (Å²) in [5.74, 6) is -0.789. The monoisotopic (exact) mass is 225 g/mol. The number of unbranched alkanes of at least 4 members (excludes halogenated alkanes) is 4. The molecule has 0 aliphatic heterocycles. The van der Waals surface area contributed by atoms with Gasteiger partial charge in [-0.1, -0.05) is 58.3 Å². The first-order valence-corrected chi connectivity index (χ1v) is 6.93. The van der Waals surface area contributed by atoms with Crippen molar-refractivity contribution in [3.05, 3.63) is 0 Å². The number of rotatable bonds is 7.